The van der Waals surface area contributed by atoms with Crippen LogP contribution >= 0.6 is 0 Å². The lowest BCUT2D eigenvalue weighted by Gasteiger charge is -2.25. The Morgan fingerprint density at radius 1 is 1.27 bits per heavy atom. The number of ketones is 1. The Balaban J connectivity index is 1.91. The number of likely N-dealkylation sites (tertiary alicyclic amines) is 1. The molecule has 2 rings (SSSR count). The zero-order valence-corrected chi connectivity index (χ0v) is 8.85. The first-order chi connectivity index (χ1) is 7.36. The van der Waals surface area contributed by atoms with Crippen LogP contribution in [0.4, 0.5) is 0 Å². The van der Waals surface area contributed by atoms with Gasteiger partial charge in [-0.1, -0.05) is 12.5 Å². The van der Waals surface area contributed by atoms with Gasteiger partial charge in [-0.15, -0.1) is 0 Å². The maximum Gasteiger partial charge on any atom is 0.195 e. The van der Waals surface area contributed by atoms with Crippen LogP contribution in [0.1, 0.15) is 29.8 Å². The fourth-order valence-corrected chi connectivity index (χ4v) is 1.93. The van der Waals surface area contributed by atoms with Crippen LogP contribution in [0.15, 0.2) is 24.4 Å². The summed E-state index contributed by atoms with van der Waals surface area (Å²) in [6.45, 7) is 2.63. The summed E-state index contributed by atoms with van der Waals surface area (Å²) in [7, 11) is 0. The lowest BCUT2D eigenvalue weighted by molar-refractivity contribution is 0.0911. The van der Waals surface area contributed by atoms with Crippen molar-refractivity contribution in [2.75, 3.05) is 19.6 Å². The Kier molecular flexibility index (Phi) is 3.45. The number of pyridine rings is 1. The highest BCUT2D eigenvalue weighted by Gasteiger charge is 2.15. The first-order valence-electron chi connectivity index (χ1n) is 5.53. The average Bonchev–Trinajstić information content (AvgIpc) is 2.31. The van der Waals surface area contributed by atoms with Gasteiger partial charge in [0.25, 0.3) is 0 Å². The molecule has 0 amide bonds. The number of Topliss-reactive ketones (excluding diaryl/α,β-unsaturated/α-hetero) is 1. The molecule has 0 spiro atoms. The van der Waals surface area contributed by atoms with Gasteiger partial charge in [0.05, 0.1) is 6.54 Å². The van der Waals surface area contributed by atoms with Crippen LogP contribution in [0.5, 0.6) is 0 Å². The quantitative estimate of drug-likeness (QED) is 0.703. The average molecular weight is 204 g/mol. The van der Waals surface area contributed by atoms with Crippen LogP contribution in [0.3, 0.4) is 0 Å². The summed E-state index contributed by atoms with van der Waals surface area (Å²) in [4.78, 5) is 18.1. The number of rotatable bonds is 3. The highest BCUT2D eigenvalue weighted by Crippen LogP contribution is 2.09. The molecule has 1 aliphatic heterocycles. The minimum atomic E-state index is 0.137. The van der Waals surface area contributed by atoms with Gasteiger partial charge in [-0.3, -0.25) is 14.7 Å². The zero-order chi connectivity index (χ0) is 10.5. The van der Waals surface area contributed by atoms with Crippen molar-refractivity contribution in [1.82, 2.24) is 9.88 Å². The standard InChI is InChI=1S/C12H16N2O/c15-12(11-6-2-3-7-13-11)10-14-8-4-1-5-9-14/h2-3,6-7H,1,4-5,8-10H2. The Morgan fingerprint density at radius 2 is 2.07 bits per heavy atom. The lowest BCUT2D eigenvalue weighted by Crippen LogP contribution is -2.34. The molecule has 1 aromatic heterocycles. The molecular formula is C12H16N2O. The predicted molar refractivity (Wildman–Crippen MR) is 58.9 cm³/mol. The van der Waals surface area contributed by atoms with E-state index in [0.29, 0.717) is 12.2 Å². The van der Waals surface area contributed by atoms with Crippen molar-refractivity contribution in [3.05, 3.63) is 30.1 Å². The Bertz CT molecular complexity index is 318. The maximum absolute atomic E-state index is 11.8. The number of carbonyl (C=O) groups excluding carboxylic acids is 1. The van der Waals surface area contributed by atoms with Gasteiger partial charge >= 0.3 is 0 Å². The van der Waals surface area contributed by atoms with Crippen LogP contribution in [0, 0.1) is 0 Å². The molecule has 1 aromatic rings. The second kappa shape index (κ2) is 5.03. The van der Waals surface area contributed by atoms with Gasteiger partial charge in [0.2, 0.25) is 0 Å². The summed E-state index contributed by atoms with van der Waals surface area (Å²) in [5.41, 5.74) is 0.586. The van der Waals surface area contributed by atoms with Gasteiger partial charge < -0.3 is 0 Å². The van der Waals surface area contributed by atoms with E-state index < -0.39 is 0 Å². The van der Waals surface area contributed by atoms with Crippen LogP contribution in [0.2, 0.25) is 0 Å². The third-order valence-corrected chi connectivity index (χ3v) is 2.77. The van der Waals surface area contributed by atoms with E-state index in [1.807, 2.05) is 12.1 Å². The van der Waals surface area contributed by atoms with Gasteiger partial charge in [0.1, 0.15) is 5.69 Å². The number of nitrogens with zero attached hydrogens (tertiary/aromatic N) is 2. The molecule has 0 atom stereocenters. The van der Waals surface area contributed by atoms with Gasteiger partial charge in [-0.2, -0.15) is 0 Å². The van der Waals surface area contributed by atoms with Crippen molar-refractivity contribution < 1.29 is 4.79 Å². The van der Waals surface area contributed by atoms with E-state index in [0.717, 1.165) is 13.1 Å². The highest BCUT2D eigenvalue weighted by molar-refractivity contribution is 5.95. The fourth-order valence-electron chi connectivity index (χ4n) is 1.93. The van der Waals surface area contributed by atoms with E-state index in [1.54, 1.807) is 12.3 Å². The molecule has 1 fully saturated rings. The van der Waals surface area contributed by atoms with E-state index in [1.165, 1.54) is 19.3 Å². The summed E-state index contributed by atoms with van der Waals surface area (Å²) >= 11 is 0. The molecule has 1 aliphatic rings. The van der Waals surface area contributed by atoms with E-state index in [2.05, 4.69) is 9.88 Å². The normalized spacial score (nSPS) is 17.6. The number of hydrogen-bond donors (Lipinski definition) is 0. The van der Waals surface area contributed by atoms with Crippen molar-refractivity contribution in [3.63, 3.8) is 0 Å². The summed E-state index contributed by atoms with van der Waals surface area (Å²) in [6, 6.07) is 5.47. The molecule has 80 valence electrons. The van der Waals surface area contributed by atoms with Gasteiger partial charge in [0, 0.05) is 6.20 Å². The van der Waals surface area contributed by atoms with E-state index in [4.69, 9.17) is 0 Å². The fraction of sp³-hybridized carbons (Fsp3) is 0.500. The summed E-state index contributed by atoms with van der Waals surface area (Å²) in [5.74, 6) is 0.137. The molecular weight excluding hydrogens is 188 g/mol. The van der Waals surface area contributed by atoms with Crippen LogP contribution in [-0.4, -0.2) is 35.3 Å². The van der Waals surface area contributed by atoms with Crippen molar-refractivity contribution in [1.29, 1.82) is 0 Å². The Labute approximate surface area is 90.1 Å². The molecule has 0 aliphatic carbocycles. The SMILES string of the molecule is O=C(CN1CCCCC1)c1ccccn1. The minimum absolute atomic E-state index is 0.137. The van der Waals surface area contributed by atoms with Gasteiger partial charge in [0.15, 0.2) is 5.78 Å². The largest absolute Gasteiger partial charge is 0.296 e. The molecule has 3 heteroatoms. The maximum atomic E-state index is 11.8. The highest BCUT2D eigenvalue weighted by atomic mass is 16.1. The first kappa shape index (κ1) is 10.3. The predicted octanol–water partition coefficient (Wildman–Crippen LogP) is 1.75. The smallest absolute Gasteiger partial charge is 0.195 e. The van der Waals surface area contributed by atoms with E-state index >= 15 is 0 Å². The van der Waals surface area contributed by atoms with Gasteiger partial charge in [-0.25, -0.2) is 0 Å². The van der Waals surface area contributed by atoms with Crippen molar-refractivity contribution >= 4 is 5.78 Å². The monoisotopic (exact) mass is 204 g/mol. The van der Waals surface area contributed by atoms with Crippen molar-refractivity contribution in [2.24, 2.45) is 0 Å². The molecule has 3 nitrogen and oxygen atoms in total. The third-order valence-electron chi connectivity index (χ3n) is 2.77. The van der Waals surface area contributed by atoms with Crippen LogP contribution in [0.25, 0.3) is 0 Å². The minimum Gasteiger partial charge on any atom is -0.296 e. The number of hydrogen-bond acceptors (Lipinski definition) is 3. The molecule has 0 bridgehead atoms. The summed E-state index contributed by atoms with van der Waals surface area (Å²) < 4.78 is 0. The zero-order valence-electron chi connectivity index (χ0n) is 8.85. The van der Waals surface area contributed by atoms with Crippen molar-refractivity contribution in [3.8, 4) is 0 Å². The first-order valence-corrected chi connectivity index (χ1v) is 5.53. The summed E-state index contributed by atoms with van der Waals surface area (Å²) in [5, 5.41) is 0. The topological polar surface area (TPSA) is 33.2 Å². The molecule has 0 aromatic carbocycles. The number of aromatic nitrogens is 1. The Morgan fingerprint density at radius 3 is 2.73 bits per heavy atom. The lowest BCUT2D eigenvalue weighted by atomic mass is 10.1. The summed E-state index contributed by atoms with van der Waals surface area (Å²) in [6.07, 6.45) is 5.41. The molecule has 1 saturated heterocycles. The molecule has 0 radical (unpaired) electrons. The second-order valence-electron chi connectivity index (χ2n) is 3.97. The van der Waals surface area contributed by atoms with E-state index in [9.17, 15) is 4.79 Å². The van der Waals surface area contributed by atoms with Crippen LogP contribution < -0.4 is 0 Å². The van der Waals surface area contributed by atoms with Gasteiger partial charge in [-0.05, 0) is 38.1 Å². The van der Waals surface area contributed by atoms with E-state index in [-0.39, 0.29) is 5.78 Å². The molecule has 15 heavy (non-hydrogen) atoms. The third kappa shape index (κ3) is 2.86. The second-order valence-corrected chi connectivity index (χ2v) is 3.97. The molecule has 0 unspecified atom stereocenters. The molecule has 0 saturated carbocycles. The number of carbonyl (C=O) groups is 1. The Hall–Kier alpha value is -1.22. The van der Waals surface area contributed by atoms with Crippen molar-refractivity contribution in [2.45, 2.75) is 19.3 Å². The number of piperidine rings is 1. The molecule has 0 N–H and O–H groups in total. The molecule has 2 heterocycles. The van der Waals surface area contributed by atoms with Crippen LogP contribution in [-0.2, 0) is 0 Å².